The van der Waals surface area contributed by atoms with E-state index in [0.717, 1.165) is 6.54 Å². The van der Waals surface area contributed by atoms with Crippen molar-refractivity contribution >= 4 is 17.7 Å². The zero-order valence-corrected chi connectivity index (χ0v) is 7.91. The number of thioether (sulfide) groups is 1. The van der Waals surface area contributed by atoms with E-state index >= 15 is 0 Å². The lowest BCUT2D eigenvalue weighted by atomic mass is 10.4. The maximum Gasteiger partial charge on any atom is 0.221 e. The van der Waals surface area contributed by atoms with Gasteiger partial charge in [0.2, 0.25) is 5.91 Å². The van der Waals surface area contributed by atoms with Crippen molar-refractivity contribution in [2.45, 2.75) is 18.6 Å². The number of nitrogens with two attached hydrogens (primary N) is 1. The summed E-state index contributed by atoms with van der Waals surface area (Å²) in [5.41, 5.74) is 5.20. The summed E-state index contributed by atoms with van der Waals surface area (Å²) in [4.78, 5) is 10.9. The van der Waals surface area contributed by atoms with E-state index in [1.54, 1.807) is 11.8 Å². The van der Waals surface area contributed by atoms with Crippen LogP contribution >= 0.6 is 11.8 Å². The molecule has 3 N–H and O–H groups in total. The monoisotopic (exact) mass is 176 g/mol. The van der Waals surface area contributed by atoms with Crippen molar-refractivity contribution in [1.29, 1.82) is 0 Å². The predicted molar refractivity (Wildman–Crippen MR) is 49.7 cm³/mol. The van der Waals surface area contributed by atoms with Crippen molar-refractivity contribution in [3.63, 3.8) is 0 Å². The predicted octanol–water partition coefficient (Wildman–Crippen LogP) is 0.203. The first-order chi connectivity index (χ1) is 5.20. The van der Waals surface area contributed by atoms with Gasteiger partial charge in [0.25, 0.3) is 0 Å². The van der Waals surface area contributed by atoms with E-state index in [0.29, 0.717) is 18.2 Å². The minimum Gasteiger partial charge on any atom is -0.355 e. The van der Waals surface area contributed by atoms with Gasteiger partial charge in [-0.25, -0.2) is 0 Å². The fourth-order valence-corrected chi connectivity index (χ4v) is 0.810. The molecule has 0 aromatic heterocycles. The number of hydrogen-bond donors (Lipinski definition) is 2. The average Bonchev–Trinajstić information content (AvgIpc) is 2.01. The Morgan fingerprint density at radius 3 is 2.82 bits per heavy atom. The Morgan fingerprint density at radius 1 is 1.73 bits per heavy atom. The lowest BCUT2D eigenvalue weighted by Crippen LogP contribution is -2.30. The molecule has 0 aromatic rings. The fraction of sp³-hybridized carbons (Fsp3) is 0.857. The van der Waals surface area contributed by atoms with Crippen LogP contribution in [0.3, 0.4) is 0 Å². The highest BCUT2D eigenvalue weighted by Gasteiger charge is 2.01. The van der Waals surface area contributed by atoms with Gasteiger partial charge in [0.1, 0.15) is 0 Å². The highest BCUT2D eigenvalue weighted by atomic mass is 32.2. The first kappa shape index (κ1) is 10.8. The molecule has 0 fully saturated rings. The molecular weight excluding hydrogens is 160 g/mol. The molecule has 0 radical (unpaired) electrons. The molecule has 0 aliphatic rings. The van der Waals surface area contributed by atoms with Crippen molar-refractivity contribution in [3.8, 4) is 0 Å². The molecule has 1 amide bonds. The standard InChI is InChI=1S/C7H16N2OS/c1-6(11-2)5-9-7(10)3-4-8/h6H,3-5,8H2,1-2H3,(H,9,10). The Hall–Kier alpha value is -0.220. The van der Waals surface area contributed by atoms with Gasteiger partial charge in [0.15, 0.2) is 0 Å². The molecule has 0 bridgehead atoms. The third-order valence-corrected chi connectivity index (χ3v) is 2.33. The summed E-state index contributed by atoms with van der Waals surface area (Å²) in [7, 11) is 0. The Bertz CT molecular complexity index is 119. The van der Waals surface area contributed by atoms with Gasteiger partial charge in [-0.3, -0.25) is 4.79 Å². The van der Waals surface area contributed by atoms with Gasteiger partial charge in [-0.2, -0.15) is 11.8 Å². The van der Waals surface area contributed by atoms with Crippen LogP contribution < -0.4 is 11.1 Å². The number of hydrogen-bond acceptors (Lipinski definition) is 3. The smallest absolute Gasteiger partial charge is 0.221 e. The van der Waals surface area contributed by atoms with Crippen molar-refractivity contribution < 1.29 is 4.79 Å². The molecule has 0 aromatic carbocycles. The van der Waals surface area contributed by atoms with Crippen LogP contribution in [0, 0.1) is 0 Å². The summed E-state index contributed by atoms with van der Waals surface area (Å²) >= 11 is 1.74. The zero-order valence-electron chi connectivity index (χ0n) is 7.09. The van der Waals surface area contributed by atoms with Crippen molar-refractivity contribution in [2.24, 2.45) is 5.73 Å². The van der Waals surface area contributed by atoms with E-state index in [9.17, 15) is 4.79 Å². The Kier molecular flexibility index (Phi) is 6.36. The molecule has 11 heavy (non-hydrogen) atoms. The van der Waals surface area contributed by atoms with Crippen LogP contribution in [-0.2, 0) is 4.79 Å². The second-order valence-corrected chi connectivity index (χ2v) is 3.67. The minimum absolute atomic E-state index is 0.0494. The number of amides is 1. The van der Waals surface area contributed by atoms with E-state index in [1.807, 2.05) is 6.26 Å². The van der Waals surface area contributed by atoms with Gasteiger partial charge >= 0.3 is 0 Å². The molecule has 0 heterocycles. The van der Waals surface area contributed by atoms with Crippen LogP contribution in [0.5, 0.6) is 0 Å². The van der Waals surface area contributed by atoms with Crippen molar-refractivity contribution in [3.05, 3.63) is 0 Å². The highest BCUT2D eigenvalue weighted by molar-refractivity contribution is 7.99. The Labute approximate surface area is 72.1 Å². The second-order valence-electron chi connectivity index (χ2n) is 2.39. The lowest BCUT2D eigenvalue weighted by Gasteiger charge is -2.08. The van der Waals surface area contributed by atoms with Gasteiger partial charge in [-0.1, -0.05) is 6.92 Å². The van der Waals surface area contributed by atoms with Gasteiger partial charge in [0, 0.05) is 24.8 Å². The molecule has 0 saturated carbocycles. The molecule has 0 aliphatic heterocycles. The van der Waals surface area contributed by atoms with E-state index in [-0.39, 0.29) is 5.91 Å². The van der Waals surface area contributed by atoms with E-state index in [2.05, 4.69) is 12.2 Å². The molecule has 0 spiro atoms. The van der Waals surface area contributed by atoms with Gasteiger partial charge in [0.05, 0.1) is 0 Å². The van der Waals surface area contributed by atoms with Gasteiger partial charge in [-0.15, -0.1) is 0 Å². The van der Waals surface area contributed by atoms with Crippen LogP contribution in [0.2, 0.25) is 0 Å². The minimum atomic E-state index is 0.0494. The van der Waals surface area contributed by atoms with Crippen LogP contribution in [0.1, 0.15) is 13.3 Å². The molecular formula is C7H16N2OS. The molecule has 0 saturated heterocycles. The fourth-order valence-electron chi connectivity index (χ4n) is 0.560. The van der Waals surface area contributed by atoms with E-state index in [4.69, 9.17) is 5.73 Å². The molecule has 4 heteroatoms. The summed E-state index contributed by atoms with van der Waals surface area (Å²) in [5.74, 6) is 0.0494. The number of carbonyl (C=O) groups excluding carboxylic acids is 1. The summed E-state index contributed by atoms with van der Waals surface area (Å²) in [6, 6.07) is 0. The Balaban J connectivity index is 3.30. The topological polar surface area (TPSA) is 55.1 Å². The van der Waals surface area contributed by atoms with E-state index in [1.165, 1.54) is 0 Å². The molecule has 1 unspecified atom stereocenters. The average molecular weight is 176 g/mol. The lowest BCUT2D eigenvalue weighted by molar-refractivity contribution is -0.120. The third-order valence-electron chi connectivity index (χ3n) is 1.36. The molecule has 0 aliphatic carbocycles. The largest absolute Gasteiger partial charge is 0.355 e. The van der Waals surface area contributed by atoms with Gasteiger partial charge in [-0.05, 0) is 6.26 Å². The summed E-state index contributed by atoms with van der Waals surface area (Å²) in [6.07, 6.45) is 2.46. The normalized spacial score (nSPS) is 12.6. The maximum atomic E-state index is 10.9. The summed E-state index contributed by atoms with van der Waals surface area (Å²) < 4.78 is 0. The SMILES string of the molecule is CSC(C)CNC(=O)CCN. The number of nitrogens with one attached hydrogen (secondary N) is 1. The molecule has 3 nitrogen and oxygen atoms in total. The van der Waals surface area contributed by atoms with Crippen LogP contribution in [-0.4, -0.2) is 30.5 Å². The second kappa shape index (κ2) is 6.49. The van der Waals surface area contributed by atoms with Crippen molar-refractivity contribution in [1.82, 2.24) is 5.32 Å². The maximum absolute atomic E-state index is 10.9. The molecule has 1 atom stereocenters. The van der Waals surface area contributed by atoms with Crippen LogP contribution in [0.4, 0.5) is 0 Å². The zero-order chi connectivity index (χ0) is 8.69. The van der Waals surface area contributed by atoms with Crippen LogP contribution in [0.15, 0.2) is 0 Å². The van der Waals surface area contributed by atoms with Gasteiger partial charge < -0.3 is 11.1 Å². The first-order valence-electron chi connectivity index (χ1n) is 3.70. The van der Waals surface area contributed by atoms with E-state index < -0.39 is 0 Å². The van der Waals surface area contributed by atoms with Crippen molar-refractivity contribution in [2.75, 3.05) is 19.3 Å². The van der Waals surface area contributed by atoms with Crippen LogP contribution in [0.25, 0.3) is 0 Å². The molecule has 66 valence electrons. The number of carbonyl (C=O) groups is 1. The first-order valence-corrected chi connectivity index (χ1v) is 4.99. The highest BCUT2D eigenvalue weighted by Crippen LogP contribution is 2.02. The molecule has 0 rings (SSSR count). The summed E-state index contributed by atoms with van der Waals surface area (Å²) in [6.45, 7) is 3.24. The third kappa shape index (κ3) is 6.19. The Morgan fingerprint density at radius 2 is 2.36 bits per heavy atom. The quantitative estimate of drug-likeness (QED) is 0.629. The number of rotatable bonds is 5. The summed E-state index contributed by atoms with van der Waals surface area (Å²) in [5, 5.41) is 3.28.